The van der Waals surface area contributed by atoms with Crippen LogP contribution in [0.15, 0.2) is 27.8 Å². The third kappa shape index (κ3) is 5.68. The fraction of sp³-hybridized carbons (Fsp3) is 0.588. The number of ether oxygens (including phenoxy) is 1. The second-order valence-corrected chi connectivity index (χ2v) is 5.64. The van der Waals surface area contributed by atoms with E-state index in [2.05, 4.69) is 20.5 Å². The zero-order valence-corrected chi connectivity index (χ0v) is 15.4. The highest BCUT2D eigenvalue weighted by Gasteiger charge is 2.23. The van der Waals surface area contributed by atoms with Gasteiger partial charge in [0.25, 0.3) is 5.91 Å². The van der Waals surface area contributed by atoms with Crippen molar-refractivity contribution in [3.63, 3.8) is 0 Å². The van der Waals surface area contributed by atoms with E-state index in [1.807, 2.05) is 6.92 Å². The maximum Gasteiger partial charge on any atom is 0.409 e. The maximum absolute atomic E-state index is 11.8. The van der Waals surface area contributed by atoms with Gasteiger partial charge in [0.05, 0.1) is 19.4 Å². The highest BCUT2D eigenvalue weighted by molar-refractivity contribution is 5.91. The van der Waals surface area contributed by atoms with Crippen molar-refractivity contribution < 1.29 is 18.7 Å². The molecule has 1 aromatic rings. The Labute approximate surface area is 153 Å². The topological polar surface area (TPSA) is 99.4 Å². The molecule has 0 radical (unpaired) electrons. The molecule has 0 aromatic carbocycles. The first-order valence-electron chi connectivity index (χ1n) is 8.92. The fourth-order valence-corrected chi connectivity index (χ4v) is 2.57. The number of carbonyl (C=O) groups is 2. The zero-order valence-electron chi connectivity index (χ0n) is 15.4. The highest BCUT2D eigenvalue weighted by Crippen LogP contribution is 2.04. The van der Waals surface area contributed by atoms with E-state index in [1.165, 1.54) is 6.26 Å². The minimum absolute atomic E-state index is 0.252. The molecule has 1 aromatic heterocycles. The molecular weight excluding hydrogens is 338 g/mol. The van der Waals surface area contributed by atoms with Crippen LogP contribution in [0.4, 0.5) is 4.79 Å². The number of hydrogen-bond donors (Lipinski definition) is 2. The van der Waals surface area contributed by atoms with Crippen LogP contribution in [0.5, 0.6) is 0 Å². The van der Waals surface area contributed by atoms with Crippen LogP contribution in [0, 0.1) is 0 Å². The lowest BCUT2D eigenvalue weighted by atomic mass is 10.3. The van der Waals surface area contributed by atoms with Gasteiger partial charge in [0.1, 0.15) is 0 Å². The first kappa shape index (κ1) is 19.6. The van der Waals surface area contributed by atoms with Crippen LogP contribution in [0.2, 0.25) is 0 Å². The summed E-state index contributed by atoms with van der Waals surface area (Å²) >= 11 is 0. The van der Waals surface area contributed by atoms with E-state index in [0.717, 1.165) is 12.5 Å². The van der Waals surface area contributed by atoms with E-state index in [0.29, 0.717) is 45.9 Å². The van der Waals surface area contributed by atoms with Crippen molar-refractivity contribution >= 4 is 18.0 Å². The zero-order chi connectivity index (χ0) is 18.8. The number of nitrogens with zero attached hydrogens (tertiary/aromatic N) is 3. The Morgan fingerprint density at radius 2 is 1.92 bits per heavy atom. The Hall–Kier alpha value is -2.71. The smallest absolute Gasteiger partial charge is 0.409 e. The summed E-state index contributed by atoms with van der Waals surface area (Å²) in [6.07, 6.45) is 1.20. The first-order valence-corrected chi connectivity index (χ1v) is 8.92. The Balaban J connectivity index is 1.79. The normalized spacial score (nSPS) is 14.9. The Morgan fingerprint density at radius 1 is 1.19 bits per heavy atom. The Kier molecular flexibility index (Phi) is 7.78. The van der Waals surface area contributed by atoms with Crippen molar-refractivity contribution in [2.24, 2.45) is 4.99 Å². The summed E-state index contributed by atoms with van der Waals surface area (Å²) < 4.78 is 10.1. The van der Waals surface area contributed by atoms with E-state index in [4.69, 9.17) is 9.15 Å². The number of hydrogen-bond acceptors (Lipinski definition) is 5. The van der Waals surface area contributed by atoms with Gasteiger partial charge in [-0.15, -0.1) is 0 Å². The van der Waals surface area contributed by atoms with Gasteiger partial charge >= 0.3 is 6.09 Å². The van der Waals surface area contributed by atoms with Gasteiger partial charge in [-0.1, -0.05) is 0 Å². The van der Waals surface area contributed by atoms with Crippen molar-refractivity contribution in [3.05, 3.63) is 24.2 Å². The van der Waals surface area contributed by atoms with Crippen LogP contribution in [0.25, 0.3) is 0 Å². The maximum atomic E-state index is 11.8. The van der Waals surface area contributed by atoms with E-state index in [-0.39, 0.29) is 17.8 Å². The third-order valence-electron chi connectivity index (χ3n) is 3.84. The van der Waals surface area contributed by atoms with Crippen molar-refractivity contribution in [3.8, 4) is 0 Å². The Morgan fingerprint density at radius 3 is 2.54 bits per heavy atom. The molecule has 0 spiro atoms. The van der Waals surface area contributed by atoms with E-state index >= 15 is 0 Å². The first-order chi connectivity index (χ1) is 12.7. The molecule has 0 bridgehead atoms. The summed E-state index contributed by atoms with van der Waals surface area (Å²) in [5.41, 5.74) is 0. The minimum Gasteiger partial charge on any atom is -0.459 e. The molecule has 2 rings (SSSR count). The molecule has 1 saturated heterocycles. The summed E-state index contributed by atoms with van der Waals surface area (Å²) in [6, 6.07) is 3.29. The highest BCUT2D eigenvalue weighted by atomic mass is 16.6. The fourth-order valence-electron chi connectivity index (χ4n) is 2.57. The summed E-state index contributed by atoms with van der Waals surface area (Å²) in [5, 5.41) is 6.01. The quantitative estimate of drug-likeness (QED) is 0.438. The van der Waals surface area contributed by atoms with Crippen molar-refractivity contribution in [1.82, 2.24) is 20.4 Å². The molecule has 26 heavy (non-hydrogen) atoms. The van der Waals surface area contributed by atoms with Crippen LogP contribution >= 0.6 is 0 Å². The van der Waals surface area contributed by atoms with Gasteiger partial charge in [-0.3, -0.25) is 9.79 Å². The van der Waals surface area contributed by atoms with Crippen molar-refractivity contribution in [1.29, 1.82) is 0 Å². The van der Waals surface area contributed by atoms with E-state index in [9.17, 15) is 9.59 Å². The molecule has 2 heterocycles. The van der Waals surface area contributed by atoms with Gasteiger partial charge in [-0.05, 0) is 26.0 Å². The third-order valence-corrected chi connectivity index (χ3v) is 3.84. The molecule has 0 aliphatic carbocycles. The Bertz CT molecular complexity index is 594. The van der Waals surface area contributed by atoms with Crippen LogP contribution in [-0.4, -0.2) is 80.2 Å². The molecule has 1 aliphatic heterocycles. The predicted molar refractivity (Wildman–Crippen MR) is 97.2 cm³/mol. The summed E-state index contributed by atoms with van der Waals surface area (Å²) in [7, 11) is 0. The number of guanidine groups is 1. The molecule has 1 fully saturated rings. The van der Waals surface area contributed by atoms with Gasteiger partial charge in [-0.2, -0.15) is 0 Å². The summed E-state index contributed by atoms with van der Waals surface area (Å²) in [4.78, 5) is 31.9. The van der Waals surface area contributed by atoms with Crippen molar-refractivity contribution in [2.45, 2.75) is 13.8 Å². The van der Waals surface area contributed by atoms with Crippen LogP contribution in [-0.2, 0) is 4.74 Å². The van der Waals surface area contributed by atoms with Crippen molar-refractivity contribution in [2.75, 3.05) is 52.4 Å². The van der Waals surface area contributed by atoms with Crippen LogP contribution in [0.3, 0.4) is 0 Å². The number of furan rings is 1. The number of amides is 2. The lowest BCUT2D eigenvalue weighted by molar-refractivity contribution is 0.0913. The summed E-state index contributed by atoms with van der Waals surface area (Å²) in [6.45, 7) is 8.36. The number of rotatable bonds is 6. The molecule has 1 aliphatic rings. The predicted octanol–water partition coefficient (Wildman–Crippen LogP) is 0.749. The largest absolute Gasteiger partial charge is 0.459 e. The minimum atomic E-state index is -0.269. The van der Waals surface area contributed by atoms with Gasteiger partial charge in [-0.25, -0.2) is 4.79 Å². The van der Waals surface area contributed by atoms with E-state index in [1.54, 1.807) is 24.0 Å². The van der Waals surface area contributed by atoms with Gasteiger partial charge < -0.3 is 29.6 Å². The second kappa shape index (κ2) is 10.3. The number of aliphatic imine (C=N–C) groups is 1. The SMILES string of the molecule is CCNC(=NCCNC(=O)c1ccco1)N1CCN(C(=O)OCC)CC1. The lowest BCUT2D eigenvalue weighted by Gasteiger charge is -2.35. The van der Waals surface area contributed by atoms with E-state index < -0.39 is 0 Å². The summed E-state index contributed by atoms with van der Waals surface area (Å²) in [5.74, 6) is 0.817. The number of nitrogens with one attached hydrogen (secondary N) is 2. The lowest BCUT2D eigenvalue weighted by Crippen LogP contribution is -2.54. The molecule has 0 saturated carbocycles. The molecule has 9 heteroatoms. The van der Waals surface area contributed by atoms with Gasteiger partial charge in [0, 0.05) is 39.3 Å². The monoisotopic (exact) mass is 365 g/mol. The number of piperazine rings is 1. The molecule has 2 N–H and O–H groups in total. The molecule has 9 nitrogen and oxygen atoms in total. The standard InChI is InChI=1S/C17H27N5O4/c1-3-18-16(20-8-7-19-15(23)14-6-5-13-26-14)21-9-11-22(12-10-21)17(24)25-4-2/h5-6,13H,3-4,7-12H2,1-2H3,(H,18,20)(H,19,23). The molecule has 144 valence electrons. The average Bonchev–Trinajstić information content (AvgIpc) is 3.19. The second-order valence-electron chi connectivity index (χ2n) is 5.64. The van der Waals surface area contributed by atoms with Crippen LogP contribution in [0.1, 0.15) is 24.4 Å². The molecule has 0 unspecified atom stereocenters. The average molecular weight is 365 g/mol. The van der Waals surface area contributed by atoms with Gasteiger partial charge in [0.15, 0.2) is 11.7 Å². The molecule has 0 atom stereocenters. The van der Waals surface area contributed by atoms with Gasteiger partial charge in [0.2, 0.25) is 0 Å². The molecule has 2 amide bonds. The molecular formula is C17H27N5O4. The number of carbonyl (C=O) groups excluding carboxylic acids is 2. The van der Waals surface area contributed by atoms with Crippen LogP contribution < -0.4 is 10.6 Å².